The zero-order valence-corrected chi connectivity index (χ0v) is 12.2. The van der Waals surface area contributed by atoms with Crippen LogP contribution in [0.5, 0.6) is 5.75 Å². The van der Waals surface area contributed by atoms with E-state index in [0.717, 1.165) is 0 Å². The minimum absolute atomic E-state index is 0.278. The first-order valence-corrected chi connectivity index (χ1v) is 6.59. The van der Waals surface area contributed by atoms with Crippen molar-refractivity contribution in [1.82, 2.24) is 10.9 Å². The van der Waals surface area contributed by atoms with Gasteiger partial charge >= 0.3 is 5.97 Å². The molecule has 2 N–H and O–H groups in total. The van der Waals surface area contributed by atoms with Crippen LogP contribution < -0.4 is 15.6 Å². The smallest absolute Gasteiger partial charge is 0.325 e. The third-order valence-corrected chi connectivity index (χ3v) is 2.69. The number of methoxy groups -OCH3 is 1. The van der Waals surface area contributed by atoms with Crippen LogP contribution in [0.1, 0.15) is 23.7 Å². The fraction of sp³-hybridized carbons (Fsp3) is 0.333. The van der Waals surface area contributed by atoms with Gasteiger partial charge in [0.1, 0.15) is 11.8 Å². The van der Waals surface area contributed by atoms with E-state index in [2.05, 4.69) is 17.4 Å². The van der Waals surface area contributed by atoms with E-state index in [1.54, 1.807) is 44.4 Å². The third kappa shape index (κ3) is 5.27. The lowest BCUT2D eigenvalue weighted by Gasteiger charge is -2.16. The molecular weight excluding hydrogens is 272 g/mol. The molecule has 0 radical (unpaired) electrons. The quantitative estimate of drug-likeness (QED) is 0.431. The van der Waals surface area contributed by atoms with Crippen LogP contribution in [0.3, 0.4) is 0 Å². The molecule has 0 aromatic heterocycles. The normalized spacial score (nSPS) is 11.3. The summed E-state index contributed by atoms with van der Waals surface area (Å²) in [5, 5.41) is 0. The molecule has 6 heteroatoms. The molecule has 1 atom stereocenters. The van der Waals surface area contributed by atoms with Crippen molar-refractivity contribution in [2.75, 3.05) is 13.7 Å². The number of rotatable bonds is 8. The third-order valence-electron chi connectivity index (χ3n) is 2.69. The molecule has 0 aliphatic carbocycles. The summed E-state index contributed by atoms with van der Waals surface area (Å²) in [5.41, 5.74) is 5.59. The van der Waals surface area contributed by atoms with Crippen molar-refractivity contribution < 1.29 is 19.1 Å². The van der Waals surface area contributed by atoms with Crippen molar-refractivity contribution in [1.29, 1.82) is 0 Å². The van der Waals surface area contributed by atoms with E-state index < -0.39 is 12.0 Å². The van der Waals surface area contributed by atoms with Gasteiger partial charge in [-0.2, -0.15) is 0 Å². The maximum atomic E-state index is 11.9. The molecule has 0 saturated heterocycles. The second kappa shape index (κ2) is 8.76. The van der Waals surface area contributed by atoms with Gasteiger partial charge in [-0.05, 0) is 37.6 Å². The summed E-state index contributed by atoms with van der Waals surface area (Å²) >= 11 is 0. The predicted molar refractivity (Wildman–Crippen MR) is 78.8 cm³/mol. The van der Waals surface area contributed by atoms with Gasteiger partial charge in [-0.15, -0.1) is 6.58 Å². The first-order chi connectivity index (χ1) is 10.1. The summed E-state index contributed by atoms with van der Waals surface area (Å²) < 4.78 is 9.93. The lowest BCUT2D eigenvalue weighted by molar-refractivity contribution is -0.145. The van der Waals surface area contributed by atoms with Gasteiger partial charge < -0.3 is 9.47 Å². The van der Waals surface area contributed by atoms with Crippen molar-refractivity contribution in [3.8, 4) is 5.75 Å². The zero-order chi connectivity index (χ0) is 15.7. The molecule has 1 rings (SSSR count). The summed E-state index contributed by atoms with van der Waals surface area (Å²) in [6.07, 6.45) is 1.93. The fourth-order valence-electron chi connectivity index (χ4n) is 1.59. The molecule has 0 bridgehead atoms. The Labute approximate surface area is 124 Å². The van der Waals surface area contributed by atoms with Crippen molar-refractivity contribution in [2.24, 2.45) is 0 Å². The number of hydrazine groups is 1. The fourth-order valence-corrected chi connectivity index (χ4v) is 1.59. The number of nitrogens with one attached hydrogen (secondary N) is 2. The Balaban J connectivity index is 2.59. The molecule has 1 unspecified atom stereocenters. The van der Waals surface area contributed by atoms with Crippen LogP contribution in [-0.4, -0.2) is 31.6 Å². The Hall–Kier alpha value is -2.34. The van der Waals surface area contributed by atoms with E-state index in [1.807, 2.05) is 0 Å². The van der Waals surface area contributed by atoms with E-state index in [0.29, 0.717) is 17.7 Å². The van der Waals surface area contributed by atoms with Gasteiger partial charge in [-0.3, -0.25) is 15.0 Å². The van der Waals surface area contributed by atoms with Crippen molar-refractivity contribution in [3.63, 3.8) is 0 Å². The van der Waals surface area contributed by atoms with E-state index in [1.165, 1.54) is 0 Å². The van der Waals surface area contributed by atoms with Gasteiger partial charge in [0.15, 0.2) is 0 Å². The summed E-state index contributed by atoms with van der Waals surface area (Å²) in [6.45, 7) is 5.57. The van der Waals surface area contributed by atoms with Crippen LogP contribution in [-0.2, 0) is 9.53 Å². The monoisotopic (exact) mass is 292 g/mol. The van der Waals surface area contributed by atoms with Crippen LogP contribution >= 0.6 is 0 Å². The molecule has 0 aliphatic heterocycles. The van der Waals surface area contributed by atoms with Crippen LogP contribution in [0.2, 0.25) is 0 Å². The Morgan fingerprint density at radius 3 is 2.52 bits per heavy atom. The maximum Gasteiger partial charge on any atom is 0.325 e. The van der Waals surface area contributed by atoms with E-state index in [9.17, 15) is 9.59 Å². The van der Waals surface area contributed by atoms with Gasteiger partial charge in [0.2, 0.25) is 0 Å². The molecule has 0 heterocycles. The van der Waals surface area contributed by atoms with Crippen LogP contribution in [0.4, 0.5) is 0 Å². The molecule has 1 aromatic carbocycles. The molecular formula is C15H20N2O4. The number of ether oxygens (including phenoxy) is 2. The highest BCUT2D eigenvalue weighted by atomic mass is 16.5. The number of benzene rings is 1. The second-order valence-corrected chi connectivity index (χ2v) is 4.16. The first-order valence-electron chi connectivity index (χ1n) is 6.59. The number of carbonyl (C=O) groups is 2. The van der Waals surface area contributed by atoms with Gasteiger partial charge in [0.25, 0.3) is 5.91 Å². The number of hydrogen-bond donors (Lipinski definition) is 2. The Bertz CT molecular complexity index is 485. The molecule has 21 heavy (non-hydrogen) atoms. The summed E-state index contributed by atoms with van der Waals surface area (Å²) in [4.78, 5) is 23.6. The molecule has 1 aromatic rings. The molecule has 0 fully saturated rings. The Kier molecular flexibility index (Phi) is 6.97. The Morgan fingerprint density at radius 2 is 2.00 bits per heavy atom. The minimum Gasteiger partial charge on any atom is -0.497 e. The molecule has 6 nitrogen and oxygen atoms in total. The van der Waals surface area contributed by atoms with Crippen LogP contribution in [0.15, 0.2) is 36.9 Å². The molecule has 1 amide bonds. The number of amides is 1. The lowest BCUT2D eigenvalue weighted by atomic mass is 10.2. The highest BCUT2D eigenvalue weighted by molar-refractivity contribution is 5.94. The van der Waals surface area contributed by atoms with E-state index in [4.69, 9.17) is 9.47 Å². The number of esters is 1. The summed E-state index contributed by atoms with van der Waals surface area (Å²) in [6, 6.07) is 5.96. The van der Waals surface area contributed by atoms with Gasteiger partial charge in [-0.25, -0.2) is 5.43 Å². The average molecular weight is 292 g/mol. The highest BCUT2D eigenvalue weighted by Crippen LogP contribution is 2.10. The van der Waals surface area contributed by atoms with E-state index >= 15 is 0 Å². The van der Waals surface area contributed by atoms with E-state index in [-0.39, 0.29) is 12.5 Å². The molecule has 0 spiro atoms. The van der Waals surface area contributed by atoms with Gasteiger partial charge in [-0.1, -0.05) is 6.08 Å². The summed E-state index contributed by atoms with van der Waals surface area (Å²) in [5.74, 6) is -0.126. The van der Waals surface area contributed by atoms with Crippen molar-refractivity contribution in [2.45, 2.75) is 19.4 Å². The highest BCUT2D eigenvalue weighted by Gasteiger charge is 2.18. The first kappa shape index (κ1) is 16.7. The van der Waals surface area contributed by atoms with Crippen LogP contribution in [0, 0.1) is 0 Å². The topological polar surface area (TPSA) is 76.7 Å². The lowest BCUT2D eigenvalue weighted by Crippen LogP contribution is -2.48. The molecule has 0 saturated carbocycles. The van der Waals surface area contributed by atoms with Crippen molar-refractivity contribution >= 4 is 11.9 Å². The zero-order valence-electron chi connectivity index (χ0n) is 12.2. The summed E-state index contributed by atoms with van der Waals surface area (Å²) in [7, 11) is 1.55. The number of hydrogen-bond acceptors (Lipinski definition) is 5. The minimum atomic E-state index is -0.662. The average Bonchev–Trinajstić information content (AvgIpc) is 2.51. The standard InChI is InChI=1S/C15H20N2O4/c1-4-6-13(15(19)21-5-2)16-17-14(18)11-7-9-12(20-3)10-8-11/h4,7-10,13,16H,1,5-6H2,2-3H3,(H,17,18). The van der Waals surface area contributed by atoms with Crippen LogP contribution in [0.25, 0.3) is 0 Å². The Morgan fingerprint density at radius 1 is 1.33 bits per heavy atom. The van der Waals surface area contributed by atoms with Gasteiger partial charge in [0.05, 0.1) is 13.7 Å². The molecule has 0 aliphatic rings. The predicted octanol–water partition coefficient (Wildman–Crippen LogP) is 1.44. The van der Waals surface area contributed by atoms with Gasteiger partial charge in [0, 0.05) is 5.56 Å². The van der Waals surface area contributed by atoms with Crippen molar-refractivity contribution in [3.05, 3.63) is 42.5 Å². The molecule has 114 valence electrons. The SMILES string of the molecule is C=CCC(NNC(=O)c1ccc(OC)cc1)C(=O)OCC. The maximum absolute atomic E-state index is 11.9. The second-order valence-electron chi connectivity index (χ2n) is 4.16. The largest absolute Gasteiger partial charge is 0.497 e. The number of carbonyl (C=O) groups excluding carboxylic acids is 2.